The summed E-state index contributed by atoms with van der Waals surface area (Å²) in [5.41, 5.74) is 3.95. The average molecular weight is 509 g/mol. The zero-order chi connectivity index (χ0) is 24.7. The van der Waals surface area contributed by atoms with E-state index in [4.69, 9.17) is 14.7 Å². The molecule has 1 fully saturated rings. The SMILES string of the molecule is C.Cc1ccc(S(=O)(=O)N(C)C)cc1-c1cc(N2CCOC[C@H]2C)nc(-c2ccnc3[nH]ccc23)n1. The number of nitrogens with one attached hydrogen (secondary N) is 1. The highest BCUT2D eigenvalue weighted by Crippen LogP contribution is 2.33. The van der Waals surface area contributed by atoms with E-state index in [1.807, 2.05) is 37.4 Å². The summed E-state index contributed by atoms with van der Waals surface area (Å²) in [5, 5.41) is 0.922. The van der Waals surface area contributed by atoms with Gasteiger partial charge in [0.05, 0.1) is 29.8 Å². The molecule has 9 nitrogen and oxygen atoms in total. The Morgan fingerprint density at radius 3 is 2.67 bits per heavy atom. The first-order valence-electron chi connectivity index (χ1n) is 11.4. The Kier molecular flexibility index (Phi) is 7.12. The highest BCUT2D eigenvalue weighted by Gasteiger charge is 2.24. The van der Waals surface area contributed by atoms with Gasteiger partial charge in [-0.3, -0.25) is 0 Å². The lowest BCUT2D eigenvalue weighted by Gasteiger charge is -2.34. The van der Waals surface area contributed by atoms with Crippen LogP contribution in [0.1, 0.15) is 19.9 Å². The van der Waals surface area contributed by atoms with E-state index in [9.17, 15) is 8.42 Å². The molecule has 0 spiro atoms. The number of sulfonamides is 1. The highest BCUT2D eigenvalue weighted by atomic mass is 32.2. The highest BCUT2D eigenvalue weighted by molar-refractivity contribution is 7.89. The minimum atomic E-state index is -3.60. The van der Waals surface area contributed by atoms with Crippen LogP contribution in [-0.4, -0.2) is 72.6 Å². The molecule has 0 saturated carbocycles. The molecule has 4 heterocycles. The first kappa shape index (κ1) is 25.7. The number of fused-ring (bicyclic) bond motifs is 1. The number of pyridine rings is 1. The van der Waals surface area contributed by atoms with Gasteiger partial charge in [0.2, 0.25) is 10.0 Å². The smallest absolute Gasteiger partial charge is 0.242 e. The second-order valence-corrected chi connectivity index (χ2v) is 11.1. The summed E-state index contributed by atoms with van der Waals surface area (Å²) >= 11 is 0. The molecule has 1 aliphatic heterocycles. The molecule has 1 atom stereocenters. The van der Waals surface area contributed by atoms with Gasteiger partial charge in [0.15, 0.2) is 5.82 Å². The van der Waals surface area contributed by atoms with Gasteiger partial charge >= 0.3 is 0 Å². The van der Waals surface area contributed by atoms with Crippen molar-refractivity contribution in [2.45, 2.75) is 32.2 Å². The van der Waals surface area contributed by atoms with Gasteiger partial charge in [-0.05, 0) is 43.7 Å². The molecule has 1 saturated heterocycles. The van der Waals surface area contributed by atoms with Gasteiger partial charge < -0.3 is 14.6 Å². The van der Waals surface area contributed by atoms with Crippen molar-refractivity contribution in [2.75, 3.05) is 38.8 Å². The van der Waals surface area contributed by atoms with Crippen LogP contribution < -0.4 is 4.90 Å². The van der Waals surface area contributed by atoms with E-state index in [1.165, 1.54) is 18.4 Å². The van der Waals surface area contributed by atoms with Crippen LogP contribution in [0.5, 0.6) is 0 Å². The van der Waals surface area contributed by atoms with Gasteiger partial charge in [-0.25, -0.2) is 27.7 Å². The van der Waals surface area contributed by atoms with Crippen LogP contribution in [0.25, 0.3) is 33.7 Å². The lowest BCUT2D eigenvalue weighted by atomic mass is 10.0. The molecule has 1 aliphatic rings. The second kappa shape index (κ2) is 9.96. The fourth-order valence-electron chi connectivity index (χ4n) is 4.31. The second-order valence-electron chi connectivity index (χ2n) is 8.91. The van der Waals surface area contributed by atoms with E-state index in [0.29, 0.717) is 31.3 Å². The molecule has 0 bridgehead atoms. The molecule has 0 amide bonds. The number of H-pyrrole nitrogens is 1. The predicted molar refractivity (Wildman–Crippen MR) is 143 cm³/mol. The third-order valence-corrected chi connectivity index (χ3v) is 8.15. The van der Waals surface area contributed by atoms with Crippen molar-refractivity contribution in [2.24, 2.45) is 0 Å². The van der Waals surface area contributed by atoms with Crippen LogP contribution in [0.15, 0.2) is 53.7 Å². The van der Waals surface area contributed by atoms with Crippen molar-refractivity contribution in [1.29, 1.82) is 0 Å². The normalized spacial score (nSPS) is 16.4. The quantitative estimate of drug-likeness (QED) is 0.433. The third-order valence-electron chi connectivity index (χ3n) is 6.34. The number of benzene rings is 1. The zero-order valence-electron chi connectivity index (χ0n) is 20.2. The summed E-state index contributed by atoms with van der Waals surface area (Å²) in [6.07, 6.45) is 3.58. The molecule has 0 unspecified atom stereocenters. The molecule has 3 aromatic heterocycles. The third kappa shape index (κ3) is 4.59. The van der Waals surface area contributed by atoms with Gasteiger partial charge in [-0.15, -0.1) is 0 Å². The summed E-state index contributed by atoms with van der Waals surface area (Å²) in [7, 11) is -0.539. The van der Waals surface area contributed by atoms with Crippen molar-refractivity contribution < 1.29 is 13.2 Å². The van der Waals surface area contributed by atoms with E-state index >= 15 is 0 Å². The van der Waals surface area contributed by atoms with Gasteiger partial charge in [0.1, 0.15) is 11.5 Å². The number of morpholine rings is 1. The van der Waals surface area contributed by atoms with E-state index < -0.39 is 10.0 Å². The maximum atomic E-state index is 12.8. The summed E-state index contributed by atoms with van der Waals surface area (Å²) in [4.78, 5) is 19.9. The number of rotatable bonds is 5. The summed E-state index contributed by atoms with van der Waals surface area (Å²) < 4.78 is 32.6. The Morgan fingerprint density at radius 1 is 1.11 bits per heavy atom. The number of aromatic nitrogens is 4. The molecular weight excluding hydrogens is 476 g/mol. The van der Waals surface area contributed by atoms with Gasteiger partial charge in [-0.2, -0.15) is 0 Å². The van der Waals surface area contributed by atoms with Crippen LogP contribution in [0.2, 0.25) is 0 Å². The fraction of sp³-hybridized carbons (Fsp3) is 0.346. The largest absolute Gasteiger partial charge is 0.377 e. The molecule has 190 valence electrons. The minimum Gasteiger partial charge on any atom is -0.377 e. The van der Waals surface area contributed by atoms with Crippen LogP contribution in [0, 0.1) is 6.92 Å². The Morgan fingerprint density at radius 2 is 1.92 bits per heavy atom. The molecular formula is C26H32N6O3S. The number of aromatic amines is 1. The van der Waals surface area contributed by atoms with E-state index in [0.717, 1.165) is 33.5 Å². The predicted octanol–water partition coefficient (Wildman–Crippen LogP) is 4.11. The Bertz CT molecular complexity index is 1500. The molecule has 36 heavy (non-hydrogen) atoms. The Labute approximate surface area is 212 Å². The average Bonchev–Trinajstić information content (AvgIpc) is 3.33. The minimum absolute atomic E-state index is 0. The molecule has 4 aromatic rings. The summed E-state index contributed by atoms with van der Waals surface area (Å²) in [6, 6.07) is 11.1. The monoisotopic (exact) mass is 508 g/mol. The topological polar surface area (TPSA) is 104 Å². The number of hydrogen-bond donors (Lipinski definition) is 1. The van der Waals surface area contributed by atoms with Gasteiger partial charge in [-0.1, -0.05) is 13.5 Å². The lowest BCUT2D eigenvalue weighted by molar-refractivity contribution is 0.0985. The molecule has 1 aromatic carbocycles. The van der Waals surface area contributed by atoms with Gasteiger partial charge in [0.25, 0.3) is 0 Å². The van der Waals surface area contributed by atoms with E-state index in [-0.39, 0.29) is 18.4 Å². The number of aryl methyl sites for hydroxylation is 1. The van der Waals surface area contributed by atoms with Crippen LogP contribution >= 0.6 is 0 Å². The summed E-state index contributed by atoms with van der Waals surface area (Å²) in [6.45, 7) is 6.00. The van der Waals surface area contributed by atoms with Gasteiger partial charge in [0, 0.05) is 55.6 Å². The van der Waals surface area contributed by atoms with Crippen molar-refractivity contribution in [3.63, 3.8) is 0 Å². The van der Waals surface area contributed by atoms with Crippen molar-refractivity contribution in [1.82, 2.24) is 24.2 Å². The van der Waals surface area contributed by atoms with Crippen molar-refractivity contribution in [3.8, 4) is 22.6 Å². The molecule has 0 aliphatic carbocycles. The number of hydrogen-bond acceptors (Lipinski definition) is 7. The van der Waals surface area contributed by atoms with Crippen molar-refractivity contribution in [3.05, 3.63) is 54.4 Å². The summed E-state index contributed by atoms with van der Waals surface area (Å²) in [5.74, 6) is 1.34. The molecule has 10 heteroatoms. The van der Waals surface area contributed by atoms with E-state index in [1.54, 1.807) is 18.3 Å². The number of ether oxygens (including phenoxy) is 1. The number of anilines is 1. The first-order valence-corrected chi connectivity index (χ1v) is 12.9. The molecule has 5 rings (SSSR count). The van der Waals surface area contributed by atoms with Crippen molar-refractivity contribution >= 4 is 26.9 Å². The standard InChI is InChI=1S/C25H28N6O3S.CH4/c1-16-5-6-18(35(32,33)30(3)4)13-21(16)22-14-23(31-11-12-34-15-17(31)2)29-25(28-22)20-8-10-27-24-19(20)7-9-26-24;/h5-10,13-14,17H,11-12,15H2,1-4H3,(H,26,27);1H4/t17-;/m1./s1. The Hall–Kier alpha value is -3.34. The van der Waals surface area contributed by atoms with E-state index in [2.05, 4.69) is 21.8 Å². The number of nitrogens with zero attached hydrogens (tertiary/aromatic N) is 5. The lowest BCUT2D eigenvalue weighted by Crippen LogP contribution is -2.44. The van der Waals surface area contributed by atoms with Crippen LogP contribution in [0.4, 0.5) is 5.82 Å². The first-order chi connectivity index (χ1) is 16.8. The zero-order valence-corrected chi connectivity index (χ0v) is 21.0. The maximum Gasteiger partial charge on any atom is 0.242 e. The van der Waals surface area contributed by atoms with Crippen LogP contribution in [-0.2, 0) is 14.8 Å². The molecule has 0 radical (unpaired) electrons. The van der Waals surface area contributed by atoms with Crippen LogP contribution in [0.3, 0.4) is 0 Å². The maximum absolute atomic E-state index is 12.8. The fourth-order valence-corrected chi connectivity index (χ4v) is 5.24. The molecule has 1 N–H and O–H groups in total. The Balaban J connectivity index is 0.00000304.